The summed E-state index contributed by atoms with van der Waals surface area (Å²) in [5, 5.41) is 17.6. The van der Waals surface area contributed by atoms with Crippen molar-refractivity contribution in [3.05, 3.63) is 47.3 Å². The smallest absolute Gasteiger partial charge is 0.278 e. The molecule has 2 aromatic heterocycles. The largest absolute Gasteiger partial charge is 0.472 e. The van der Waals surface area contributed by atoms with Crippen molar-refractivity contribution in [2.24, 2.45) is 0 Å². The lowest BCUT2D eigenvalue weighted by Gasteiger charge is -2.29. The van der Waals surface area contributed by atoms with Crippen molar-refractivity contribution in [3.63, 3.8) is 0 Å². The van der Waals surface area contributed by atoms with Crippen LogP contribution in [0.2, 0.25) is 0 Å². The number of hydrogen-bond donors (Lipinski definition) is 1. The Morgan fingerprint density at radius 1 is 0.963 bits per heavy atom. The fourth-order valence-corrected chi connectivity index (χ4v) is 2.21. The van der Waals surface area contributed by atoms with Gasteiger partial charge in [-0.25, -0.2) is 9.26 Å². The van der Waals surface area contributed by atoms with Crippen LogP contribution in [-0.2, 0) is 0 Å². The quantitative estimate of drug-likeness (QED) is 0.628. The van der Waals surface area contributed by atoms with E-state index in [4.69, 9.17) is 9.47 Å². The molecule has 2 heterocycles. The van der Waals surface area contributed by atoms with Gasteiger partial charge in [-0.3, -0.25) is 4.79 Å². The van der Waals surface area contributed by atoms with E-state index in [1.54, 1.807) is 45.0 Å². The van der Waals surface area contributed by atoms with E-state index in [0.29, 0.717) is 17.0 Å². The van der Waals surface area contributed by atoms with E-state index in [0.717, 1.165) is 0 Å². The van der Waals surface area contributed by atoms with Crippen LogP contribution in [0.5, 0.6) is 11.8 Å². The van der Waals surface area contributed by atoms with E-state index < -0.39 is 5.54 Å². The van der Waals surface area contributed by atoms with Gasteiger partial charge in [0.2, 0.25) is 0 Å². The molecule has 3 rings (SSSR count). The Hall–Kier alpha value is -3.43. The molecule has 1 amide bonds. The summed E-state index contributed by atoms with van der Waals surface area (Å²) in [6.07, 6.45) is 0. The molecule has 0 spiro atoms. The van der Waals surface area contributed by atoms with Crippen LogP contribution in [-0.4, -0.2) is 45.3 Å². The standard InChI is InChI=1S/C17H19N5O5/c1-11-15(21-26-19-11)24-9-17(3,10-25-16-12(2)20-27-22-16)18-14(23)13-7-5-4-6-8-13/h4-8H,9-10H2,1-3H3,(H,18,23). The van der Waals surface area contributed by atoms with Gasteiger partial charge in [-0.15, -0.1) is 0 Å². The van der Waals surface area contributed by atoms with Crippen molar-refractivity contribution in [1.29, 1.82) is 0 Å². The van der Waals surface area contributed by atoms with Gasteiger partial charge < -0.3 is 14.8 Å². The number of rotatable bonds is 8. The number of carbonyl (C=O) groups excluding carboxylic acids is 1. The molecule has 10 heteroatoms. The lowest BCUT2D eigenvalue weighted by molar-refractivity contribution is 0.0766. The van der Waals surface area contributed by atoms with E-state index in [2.05, 4.69) is 35.2 Å². The highest BCUT2D eigenvalue weighted by Gasteiger charge is 2.31. The van der Waals surface area contributed by atoms with Crippen LogP contribution in [0.15, 0.2) is 39.6 Å². The number of amides is 1. The molecular weight excluding hydrogens is 354 g/mol. The minimum Gasteiger partial charge on any atom is -0.472 e. The van der Waals surface area contributed by atoms with Gasteiger partial charge in [0.1, 0.15) is 30.1 Å². The molecule has 10 nitrogen and oxygen atoms in total. The first-order valence-electron chi connectivity index (χ1n) is 8.18. The number of nitrogens with one attached hydrogen (secondary N) is 1. The maximum atomic E-state index is 12.6. The van der Waals surface area contributed by atoms with Crippen molar-refractivity contribution in [2.45, 2.75) is 26.3 Å². The van der Waals surface area contributed by atoms with Crippen LogP contribution in [0.4, 0.5) is 0 Å². The third kappa shape index (κ3) is 4.60. The Bertz CT molecular complexity index is 848. The highest BCUT2D eigenvalue weighted by Crippen LogP contribution is 2.17. The third-order valence-corrected chi connectivity index (χ3v) is 3.73. The summed E-state index contributed by atoms with van der Waals surface area (Å²) in [6.45, 7) is 5.30. The van der Waals surface area contributed by atoms with Gasteiger partial charge >= 0.3 is 0 Å². The number of benzene rings is 1. The number of nitrogens with zero attached hydrogens (tertiary/aromatic N) is 4. The summed E-state index contributed by atoms with van der Waals surface area (Å²) >= 11 is 0. The lowest BCUT2D eigenvalue weighted by Crippen LogP contribution is -2.54. The molecule has 142 valence electrons. The van der Waals surface area contributed by atoms with Gasteiger partial charge in [0.15, 0.2) is 0 Å². The molecule has 0 radical (unpaired) electrons. The van der Waals surface area contributed by atoms with E-state index >= 15 is 0 Å². The lowest BCUT2D eigenvalue weighted by atomic mass is 10.0. The number of carbonyl (C=O) groups is 1. The average molecular weight is 373 g/mol. The number of aryl methyl sites for hydroxylation is 2. The van der Waals surface area contributed by atoms with Gasteiger partial charge in [-0.1, -0.05) is 28.5 Å². The molecular formula is C17H19N5O5. The van der Waals surface area contributed by atoms with Gasteiger partial charge in [-0.05, 0) is 43.2 Å². The number of hydrogen-bond acceptors (Lipinski definition) is 9. The third-order valence-electron chi connectivity index (χ3n) is 3.73. The van der Waals surface area contributed by atoms with Crippen molar-refractivity contribution in [1.82, 2.24) is 25.9 Å². The Balaban J connectivity index is 1.73. The molecule has 0 aliphatic rings. The molecule has 0 atom stereocenters. The second kappa shape index (κ2) is 7.85. The molecule has 0 bridgehead atoms. The fourth-order valence-electron chi connectivity index (χ4n) is 2.21. The molecule has 3 aromatic rings. The van der Waals surface area contributed by atoms with E-state index in [-0.39, 0.29) is 30.9 Å². The predicted octanol–water partition coefficient (Wildman–Crippen LogP) is 1.72. The van der Waals surface area contributed by atoms with Crippen molar-refractivity contribution >= 4 is 5.91 Å². The van der Waals surface area contributed by atoms with Crippen LogP contribution >= 0.6 is 0 Å². The molecule has 1 N–H and O–H groups in total. The number of aromatic nitrogens is 4. The monoisotopic (exact) mass is 373 g/mol. The maximum absolute atomic E-state index is 12.6. The zero-order valence-electron chi connectivity index (χ0n) is 15.1. The molecule has 0 aliphatic carbocycles. The summed E-state index contributed by atoms with van der Waals surface area (Å²) in [5.41, 5.74) is 0.611. The minimum absolute atomic E-state index is 0.0605. The summed E-state index contributed by atoms with van der Waals surface area (Å²) in [6, 6.07) is 8.84. The molecule has 1 aromatic carbocycles. The van der Waals surface area contributed by atoms with E-state index in [9.17, 15) is 4.79 Å². The molecule has 0 saturated heterocycles. The first kappa shape index (κ1) is 18.4. The molecule has 0 saturated carbocycles. The van der Waals surface area contributed by atoms with Gasteiger partial charge in [-0.2, -0.15) is 0 Å². The average Bonchev–Trinajstić information content (AvgIpc) is 3.27. The Kier molecular flexibility index (Phi) is 5.34. The predicted molar refractivity (Wildman–Crippen MR) is 91.4 cm³/mol. The summed E-state index contributed by atoms with van der Waals surface area (Å²) in [4.78, 5) is 12.6. The fraction of sp³-hybridized carbons (Fsp3) is 0.353. The first-order chi connectivity index (χ1) is 13.0. The summed E-state index contributed by atoms with van der Waals surface area (Å²) < 4.78 is 20.6. The highest BCUT2D eigenvalue weighted by molar-refractivity contribution is 5.94. The highest BCUT2D eigenvalue weighted by atomic mass is 16.6. The zero-order chi connectivity index (χ0) is 19.3. The molecule has 27 heavy (non-hydrogen) atoms. The normalized spacial score (nSPS) is 11.2. The van der Waals surface area contributed by atoms with Crippen molar-refractivity contribution in [2.75, 3.05) is 13.2 Å². The Morgan fingerprint density at radius 3 is 1.93 bits per heavy atom. The Morgan fingerprint density at radius 2 is 1.48 bits per heavy atom. The van der Waals surface area contributed by atoms with Crippen LogP contribution < -0.4 is 14.8 Å². The van der Waals surface area contributed by atoms with Crippen LogP contribution in [0.25, 0.3) is 0 Å². The van der Waals surface area contributed by atoms with Crippen molar-refractivity contribution in [3.8, 4) is 11.8 Å². The van der Waals surface area contributed by atoms with Gasteiger partial charge in [0.05, 0.1) is 0 Å². The summed E-state index contributed by atoms with van der Waals surface area (Å²) in [5.74, 6) is 0.222. The van der Waals surface area contributed by atoms with Crippen LogP contribution in [0.1, 0.15) is 28.7 Å². The van der Waals surface area contributed by atoms with Gasteiger partial charge in [0.25, 0.3) is 17.7 Å². The van der Waals surface area contributed by atoms with Crippen LogP contribution in [0.3, 0.4) is 0 Å². The van der Waals surface area contributed by atoms with Gasteiger partial charge in [0, 0.05) is 5.56 Å². The van der Waals surface area contributed by atoms with E-state index in [1.807, 2.05) is 6.07 Å². The minimum atomic E-state index is -0.913. The topological polar surface area (TPSA) is 125 Å². The van der Waals surface area contributed by atoms with Crippen molar-refractivity contribution < 1.29 is 23.5 Å². The molecule has 0 aliphatic heterocycles. The first-order valence-corrected chi connectivity index (χ1v) is 8.18. The molecule has 0 unspecified atom stereocenters. The summed E-state index contributed by atoms with van der Waals surface area (Å²) in [7, 11) is 0. The second-order valence-electron chi connectivity index (χ2n) is 6.27. The maximum Gasteiger partial charge on any atom is 0.278 e. The number of ether oxygens (including phenoxy) is 2. The molecule has 0 fully saturated rings. The van der Waals surface area contributed by atoms with E-state index in [1.165, 1.54) is 0 Å². The SMILES string of the molecule is Cc1nonc1OCC(C)(COc1nonc1C)NC(=O)c1ccccc1. The van der Waals surface area contributed by atoms with Crippen LogP contribution in [0, 0.1) is 13.8 Å². The zero-order valence-corrected chi connectivity index (χ0v) is 15.1. The second-order valence-corrected chi connectivity index (χ2v) is 6.27. The Labute approximate surface area is 154 Å².